The molecule has 0 spiro atoms. The molecule has 122 valence electrons. The highest BCUT2D eigenvalue weighted by molar-refractivity contribution is 9.10. The number of carbonyl (C=O) groups is 1. The van der Waals surface area contributed by atoms with Crippen molar-refractivity contribution in [3.8, 4) is 11.3 Å². The molecule has 2 aromatic carbocycles. The van der Waals surface area contributed by atoms with Crippen molar-refractivity contribution >= 4 is 27.5 Å². The first-order valence-electron chi connectivity index (χ1n) is 7.45. The fourth-order valence-corrected chi connectivity index (χ4v) is 2.83. The standard InChI is InChI=1S/C19H16BrNO3/c1-12-6-7-13(18-9-8-14(11-22)24-18)10-17(12)21-19(23)15-4-2-3-5-16(15)20/h2-10,22H,11H2,1H3,(H,21,23). The Bertz CT molecular complexity index is 886. The Morgan fingerprint density at radius 3 is 2.67 bits per heavy atom. The van der Waals surface area contributed by atoms with E-state index in [0.29, 0.717) is 17.1 Å². The van der Waals surface area contributed by atoms with Crippen LogP contribution in [0.1, 0.15) is 21.7 Å². The summed E-state index contributed by atoms with van der Waals surface area (Å²) >= 11 is 3.39. The zero-order chi connectivity index (χ0) is 17.1. The first-order valence-corrected chi connectivity index (χ1v) is 8.24. The molecule has 0 radical (unpaired) electrons. The molecular weight excluding hydrogens is 370 g/mol. The lowest BCUT2D eigenvalue weighted by Crippen LogP contribution is -2.13. The fraction of sp³-hybridized carbons (Fsp3) is 0.105. The van der Waals surface area contributed by atoms with Crippen LogP contribution < -0.4 is 5.32 Å². The zero-order valence-electron chi connectivity index (χ0n) is 13.0. The normalized spacial score (nSPS) is 10.6. The van der Waals surface area contributed by atoms with Gasteiger partial charge < -0.3 is 14.8 Å². The maximum absolute atomic E-state index is 12.5. The highest BCUT2D eigenvalue weighted by atomic mass is 79.9. The van der Waals surface area contributed by atoms with Crippen LogP contribution in [0.2, 0.25) is 0 Å². The Morgan fingerprint density at radius 2 is 1.96 bits per heavy atom. The third kappa shape index (κ3) is 3.42. The minimum Gasteiger partial charge on any atom is -0.459 e. The number of hydrogen-bond acceptors (Lipinski definition) is 3. The van der Waals surface area contributed by atoms with Crippen molar-refractivity contribution in [2.45, 2.75) is 13.5 Å². The molecule has 1 amide bonds. The number of hydrogen-bond donors (Lipinski definition) is 2. The number of aliphatic hydroxyl groups is 1. The first-order chi connectivity index (χ1) is 11.6. The molecular formula is C19H16BrNO3. The zero-order valence-corrected chi connectivity index (χ0v) is 14.6. The van der Waals surface area contributed by atoms with Crippen molar-refractivity contribution in [1.82, 2.24) is 0 Å². The van der Waals surface area contributed by atoms with Crippen LogP contribution in [-0.4, -0.2) is 11.0 Å². The molecule has 0 saturated carbocycles. The minimum absolute atomic E-state index is 0.141. The molecule has 0 aliphatic heterocycles. The molecule has 2 N–H and O–H groups in total. The number of amides is 1. The van der Waals surface area contributed by atoms with Crippen molar-refractivity contribution in [3.05, 3.63) is 76.0 Å². The van der Waals surface area contributed by atoms with Gasteiger partial charge in [-0.3, -0.25) is 4.79 Å². The summed E-state index contributed by atoms with van der Waals surface area (Å²) in [5.41, 5.74) is 3.08. The highest BCUT2D eigenvalue weighted by Gasteiger charge is 2.12. The maximum atomic E-state index is 12.5. The molecule has 0 fully saturated rings. The van der Waals surface area contributed by atoms with E-state index in [2.05, 4.69) is 21.2 Å². The van der Waals surface area contributed by atoms with Crippen LogP contribution in [0.5, 0.6) is 0 Å². The van der Waals surface area contributed by atoms with Crippen LogP contribution in [0.4, 0.5) is 5.69 Å². The number of aliphatic hydroxyl groups excluding tert-OH is 1. The van der Waals surface area contributed by atoms with Crippen molar-refractivity contribution in [2.75, 3.05) is 5.32 Å². The van der Waals surface area contributed by atoms with Gasteiger partial charge in [0.05, 0.1) is 5.56 Å². The van der Waals surface area contributed by atoms with E-state index in [9.17, 15) is 4.79 Å². The topological polar surface area (TPSA) is 62.5 Å². The van der Waals surface area contributed by atoms with E-state index in [4.69, 9.17) is 9.52 Å². The van der Waals surface area contributed by atoms with Gasteiger partial charge in [-0.2, -0.15) is 0 Å². The van der Waals surface area contributed by atoms with Gasteiger partial charge in [0.1, 0.15) is 18.1 Å². The van der Waals surface area contributed by atoms with Crippen LogP contribution in [0.15, 0.2) is 63.5 Å². The SMILES string of the molecule is Cc1ccc(-c2ccc(CO)o2)cc1NC(=O)c1ccccc1Br. The average Bonchev–Trinajstić information content (AvgIpc) is 3.06. The molecule has 3 aromatic rings. The molecule has 3 rings (SSSR count). The fourth-order valence-electron chi connectivity index (χ4n) is 2.36. The van der Waals surface area contributed by atoms with E-state index >= 15 is 0 Å². The Labute approximate surface area is 148 Å². The average molecular weight is 386 g/mol. The van der Waals surface area contributed by atoms with Crippen LogP contribution in [-0.2, 0) is 6.61 Å². The third-order valence-electron chi connectivity index (χ3n) is 3.71. The van der Waals surface area contributed by atoms with Gasteiger partial charge in [-0.15, -0.1) is 0 Å². The Hall–Kier alpha value is -2.37. The summed E-state index contributed by atoms with van der Waals surface area (Å²) < 4.78 is 6.30. The highest BCUT2D eigenvalue weighted by Crippen LogP contribution is 2.28. The van der Waals surface area contributed by atoms with Crippen molar-refractivity contribution in [1.29, 1.82) is 0 Å². The lowest BCUT2D eigenvalue weighted by atomic mass is 10.1. The molecule has 0 atom stereocenters. The van der Waals surface area contributed by atoms with Gasteiger partial charge in [-0.1, -0.05) is 24.3 Å². The molecule has 1 aromatic heterocycles. The smallest absolute Gasteiger partial charge is 0.256 e. The van der Waals surface area contributed by atoms with Crippen LogP contribution in [0, 0.1) is 6.92 Å². The molecule has 0 aliphatic carbocycles. The van der Waals surface area contributed by atoms with E-state index in [1.807, 2.05) is 43.3 Å². The molecule has 5 heteroatoms. The van der Waals surface area contributed by atoms with E-state index in [1.54, 1.807) is 18.2 Å². The minimum atomic E-state index is -0.182. The van der Waals surface area contributed by atoms with Crippen LogP contribution in [0.25, 0.3) is 11.3 Å². The van der Waals surface area contributed by atoms with Gasteiger partial charge in [0.25, 0.3) is 5.91 Å². The van der Waals surface area contributed by atoms with Crippen molar-refractivity contribution in [3.63, 3.8) is 0 Å². The number of furan rings is 1. The van der Waals surface area contributed by atoms with Crippen LogP contribution >= 0.6 is 15.9 Å². The lowest BCUT2D eigenvalue weighted by Gasteiger charge is -2.11. The van der Waals surface area contributed by atoms with Gasteiger partial charge in [0, 0.05) is 15.7 Å². The number of carbonyl (C=O) groups excluding carboxylic acids is 1. The van der Waals surface area contributed by atoms with Gasteiger partial charge in [-0.25, -0.2) is 0 Å². The summed E-state index contributed by atoms with van der Waals surface area (Å²) in [6.45, 7) is 1.79. The largest absolute Gasteiger partial charge is 0.459 e. The van der Waals surface area contributed by atoms with Crippen molar-refractivity contribution in [2.24, 2.45) is 0 Å². The summed E-state index contributed by atoms with van der Waals surface area (Å²) in [5.74, 6) is 0.970. The molecule has 24 heavy (non-hydrogen) atoms. The van der Waals surface area contributed by atoms with E-state index in [1.165, 1.54) is 0 Å². The number of aryl methyl sites for hydroxylation is 1. The Kier molecular flexibility index (Phi) is 4.83. The molecule has 4 nitrogen and oxygen atoms in total. The number of nitrogens with one attached hydrogen (secondary N) is 1. The van der Waals surface area contributed by atoms with E-state index in [-0.39, 0.29) is 12.5 Å². The summed E-state index contributed by atoms with van der Waals surface area (Å²) in [4.78, 5) is 12.5. The van der Waals surface area contributed by atoms with E-state index in [0.717, 1.165) is 21.3 Å². The summed E-state index contributed by atoms with van der Waals surface area (Å²) in [6, 6.07) is 16.5. The second kappa shape index (κ2) is 7.03. The molecule has 0 unspecified atom stereocenters. The maximum Gasteiger partial charge on any atom is 0.256 e. The summed E-state index contributed by atoms with van der Waals surface area (Å²) in [5, 5.41) is 12.1. The summed E-state index contributed by atoms with van der Waals surface area (Å²) in [6.07, 6.45) is 0. The third-order valence-corrected chi connectivity index (χ3v) is 4.40. The predicted molar refractivity (Wildman–Crippen MR) is 96.9 cm³/mol. The number of rotatable bonds is 4. The first kappa shape index (κ1) is 16.5. The quantitative estimate of drug-likeness (QED) is 0.680. The predicted octanol–water partition coefficient (Wildman–Crippen LogP) is 4.76. The number of benzene rings is 2. The Balaban J connectivity index is 1.89. The Morgan fingerprint density at radius 1 is 1.17 bits per heavy atom. The van der Waals surface area contributed by atoms with Gasteiger partial charge in [-0.05, 0) is 58.7 Å². The van der Waals surface area contributed by atoms with Gasteiger partial charge in [0.2, 0.25) is 0 Å². The van der Waals surface area contributed by atoms with Gasteiger partial charge in [0.15, 0.2) is 0 Å². The second-order valence-corrected chi connectivity index (χ2v) is 6.24. The van der Waals surface area contributed by atoms with Gasteiger partial charge >= 0.3 is 0 Å². The molecule has 1 heterocycles. The molecule has 0 aliphatic rings. The molecule has 0 bridgehead atoms. The lowest BCUT2D eigenvalue weighted by molar-refractivity contribution is 0.102. The molecule has 0 saturated heterocycles. The second-order valence-electron chi connectivity index (χ2n) is 5.39. The monoisotopic (exact) mass is 385 g/mol. The summed E-state index contributed by atoms with van der Waals surface area (Å²) in [7, 11) is 0. The number of halogens is 1. The van der Waals surface area contributed by atoms with E-state index < -0.39 is 0 Å². The van der Waals surface area contributed by atoms with Crippen molar-refractivity contribution < 1.29 is 14.3 Å². The van der Waals surface area contributed by atoms with Crippen LogP contribution in [0.3, 0.4) is 0 Å². The number of anilines is 1.